The van der Waals surface area contributed by atoms with Gasteiger partial charge in [-0.3, -0.25) is 4.79 Å². The fourth-order valence-corrected chi connectivity index (χ4v) is 3.05. The van der Waals surface area contributed by atoms with Crippen molar-refractivity contribution in [3.05, 3.63) is 65.2 Å². The molecule has 2 aromatic rings. The van der Waals surface area contributed by atoms with Crippen molar-refractivity contribution in [3.63, 3.8) is 0 Å². The predicted octanol–water partition coefficient (Wildman–Crippen LogP) is 2.37. The Labute approximate surface area is 163 Å². The van der Waals surface area contributed by atoms with E-state index in [9.17, 15) is 4.79 Å². The summed E-state index contributed by atoms with van der Waals surface area (Å²) in [4.78, 5) is 13.6. The number of nitrogens with one attached hydrogen (secondary N) is 2. The lowest BCUT2D eigenvalue weighted by Gasteiger charge is -2.22. The minimum atomic E-state index is -0.0782. The maximum absolute atomic E-state index is 12.3. The van der Waals surface area contributed by atoms with Gasteiger partial charge in [0.05, 0.1) is 20.6 Å². The SMILES string of the molecule is Cc1ccc(C(C)C)c(OCC(=O)NC[C@@H](Cc2ccccc2)[NH+](C)C)c1. The van der Waals surface area contributed by atoms with Gasteiger partial charge in [0.15, 0.2) is 6.61 Å². The summed E-state index contributed by atoms with van der Waals surface area (Å²) in [7, 11) is 4.25. The van der Waals surface area contributed by atoms with Gasteiger partial charge in [0.2, 0.25) is 0 Å². The van der Waals surface area contributed by atoms with Crippen molar-refractivity contribution in [2.75, 3.05) is 27.2 Å². The van der Waals surface area contributed by atoms with Gasteiger partial charge >= 0.3 is 0 Å². The monoisotopic (exact) mass is 369 g/mol. The third-order valence-corrected chi connectivity index (χ3v) is 4.84. The summed E-state index contributed by atoms with van der Waals surface area (Å²) in [5.41, 5.74) is 3.55. The first-order valence-corrected chi connectivity index (χ1v) is 9.70. The molecule has 27 heavy (non-hydrogen) atoms. The van der Waals surface area contributed by atoms with Crippen molar-refractivity contribution in [1.82, 2.24) is 5.32 Å². The van der Waals surface area contributed by atoms with Crippen LogP contribution >= 0.6 is 0 Å². The Morgan fingerprint density at radius 1 is 1.11 bits per heavy atom. The van der Waals surface area contributed by atoms with E-state index in [0.29, 0.717) is 18.5 Å². The van der Waals surface area contributed by atoms with Gasteiger partial charge < -0.3 is 15.0 Å². The zero-order valence-corrected chi connectivity index (χ0v) is 17.2. The van der Waals surface area contributed by atoms with Gasteiger partial charge in [-0.05, 0) is 35.6 Å². The largest absolute Gasteiger partial charge is 0.483 e. The molecule has 2 N–H and O–H groups in total. The zero-order chi connectivity index (χ0) is 19.8. The maximum Gasteiger partial charge on any atom is 0.258 e. The summed E-state index contributed by atoms with van der Waals surface area (Å²) in [6.45, 7) is 6.97. The molecule has 0 fully saturated rings. The molecule has 1 amide bonds. The quantitative estimate of drug-likeness (QED) is 0.713. The first-order valence-electron chi connectivity index (χ1n) is 9.70. The van der Waals surface area contributed by atoms with E-state index in [1.54, 1.807) is 0 Å². The standard InChI is InChI=1S/C23H32N2O2/c1-17(2)21-12-11-18(3)13-22(21)27-16-23(26)24-15-20(25(4)5)14-19-9-7-6-8-10-19/h6-13,17,20H,14-16H2,1-5H3,(H,24,26)/p+1/t20-/m1/s1. The van der Waals surface area contributed by atoms with Gasteiger partial charge in [-0.25, -0.2) is 0 Å². The van der Waals surface area contributed by atoms with E-state index in [2.05, 4.69) is 69.7 Å². The van der Waals surface area contributed by atoms with Crippen LogP contribution in [0.4, 0.5) is 0 Å². The van der Waals surface area contributed by atoms with E-state index in [4.69, 9.17) is 4.74 Å². The number of hydrogen-bond donors (Lipinski definition) is 2. The number of carbonyl (C=O) groups is 1. The molecule has 0 bridgehead atoms. The molecule has 4 nitrogen and oxygen atoms in total. The molecular weight excluding hydrogens is 336 g/mol. The summed E-state index contributed by atoms with van der Waals surface area (Å²) in [6, 6.07) is 16.9. The summed E-state index contributed by atoms with van der Waals surface area (Å²) < 4.78 is 5.83. The van der Waals surface area contributed by atoms with Gasteiger partial charge in [-0.15, -0.1) is 0 Å². The van der Waals surface area contributed by atoms with Crippen molar-refractivity contribution in [2.45, 2.75) is 39.2 Å². The van der Waals surface area contributed by atoms with E-state index in [-0.39, 0.29) is 12.5 Å². The van der Waals surface area contributed by atoms with Crippen LogP contribution in [0, 0.1) is 6.92 Å². The molecule has 0 saturated heterocycles. The van der Waals surface area contributed by atoms with Gasteiger partial charge in [-0.2, -0.15) is 0 Å². The molecule has 0 aliphatic carbocycles. The molecule has 4 heteroatoms. The van der Waals surface area contributed by atoms with Crippen LogP contribution in [0.2, 0.25) is 0 Å². The number of ether oxygens (including phenoxy) is 1. The van der Waals surface area contributed by atoms with Crippen molar-refractivity contribution in [1.29, 1.82) is 0 Å². The average molecular weight is 370 g/mol. The number of hydrogen-bond acceptors (Lipinski definition) is 2. The number of rotatable bonds is 9. The molecule has 0 radical (unpaired) electrons. The second-order valence-electron chi connectivity index (χ2n) is 7.75. The predicted molar refractivity (Wildman–Crippen MR) is 111 cm³/mol. The minimum Gasteiger partial charge on any atom is -0.483 e. The van der Waals surface area contributed by atoms with Crippen LogP contribution in [0.25, 0.3) is 0 Å². The molecule has 0 unspecified atom stereocenters. The highest BCUT2D eigenvalue weighted by Gasteiger charge is 2.17. The molecule has 0 saturated carbocycles. The van der Waals surface area contributed by atoms with Crippen molar-refractivity contribution < 1.29 is 14.4 Å². The van der Waals surface area contributed by atoms with E-state index < -0.39 is 0 Å². The molecule has 0 heterocycles. The highest BCUT2D eigenvalue weighted by atomic mass is 16.5. The Kier molecular flexibility index (Phi) is 7.86. The number of amides is 1. The normalized spacial score (nSPS) is 12.3. The van der Waals surface area contributed by atoms with E-state index in [1.165, 1.54) is 10.5 Å². The summed E-state index contributed by atoms with van der Waals surface area (Å²) in [6.07, 6.45) is 0.930. The highest BCUT2D eigenvalue weighted by molar-refractivity contribution is 5.77. The van der Waals surface area contributed by atoms with Crippen LogP contribution in [0.5, 0.6) is 5.75 Å². The van der Waals surface area contributed by atoms with Gasteiger partial charge in [-0.1, -0.05) is 56.3 Å². The lowest BCUT2D eigenvalue weighted by Crippen LogP contribution is -3.11. The summed E-state index contributed by atoms with van der Waals surface area (Å²) >= 11 is 0. The Morgan fingerprint density at radius 3 is 2.44 bits per heavy atom. The maximum atomic E-state index is 12.3. The number of likely N-dealkylation sites (N-methyl/N-ethyl adjacent to an activating group) is 1. The lowest BCUT2D eigenvalue weighted by atomic mass is 10.0. The molecule has 0 aromatic heterocycles. The fourth-order valence-electron chi connectivity index (χ4n) is 3.05. The number of quaternary nitrogens is 1. The summed E-state index contributed by atoms with van der Waals surface area (Å²) in [5, 5.41) is 3.03. The molecule has 0 aliphatic heterocycles. The minimum absolute atomic E-state index is 0.0456. The summed E-state index contributed by atoms with van der Waals surface area (Å²) in [5.74, 6) is 1.08. The van der Waals surface area contributed by atoms with Gasteiger partial charge in [0, 0.05) is 6.42 Å². The molecule has 2 rings (SSSR count). The molecular formula is C23H33N2O2+. The van der Waals surface area contributed by atoms with Gasteiger partial charge in [0.25, 0.3) is 5.91 Å². The number of benzene rings is 2. The second kappa shape index (κ2) is 10.1. The molecule has 0 aliphatic rings. The number of aryl methyl sites for hydroxylation is 1. The Morgan fingerprint density at radius 2 is 1.81 bits per heavy atom. The fraction of sp³-hybridized carbons (Fsp3) is 0.435. The van der Waals surface area contributed by atoms with Gasteiger partial charge in [0.1, 0.15) is 11.8 Å². The first-order chi connectivity index (χ1) is 12.9. The smallest absolute Gasteiger partial charge is 0.258 e. The Bertz CT molecular complexity index is 726. The van der Waals surface area contributed by atoms with Crippen LogP contribution in [0.15, 0.2) is 48.5 Å². The van der Waals surface area contributed by atoms with Crippen molar-refractivity contribution >= 4 is 5.91 Å². The second-order valence-corrected chi connectivity index (χ2v) is 7.75. The van der Waals surface area contributed by atoms with Crippen molar-refractivity contribution in [3.8, 4) is 5.75 Å². The highest BCUT2D eigenvalue weighted by Crippen LogP contribution is 2.27. The van der Waals surface area contributed by atoms with E-state index in [1.807, 2.05) is 19.1 Å². The lowest BCUT2D eigenvalue weighted by molar-refractivity contribution is -0.884. The molecule has 0 spiro atoms. The van der Waals surface area contributed by atoms with Crippen LogP contribution < -0.4 is 15.0 Å². The topological polar surface area (TPSA) is 42.8 Å². The van der Waals surface area contributed by atoms with E-state index >= 15 is 0 Å². The molecule has 2 aromatic carbocycles. The Balaban J connectivity index is 1.88. The van der Waals surface area contributed by atoms with Crippen LogP contribution in [-0.4, -0.2) is 39.2 Å². The number of carbonyl (C=O) groups excluding carboxylic acids is 1. The third kappa shape index (κ3) is 6.72. The first kappa shape index (κ1) is 21.0. The molecule has 1 atom stereocenters. The van der Waals surface area contributed by atoms with Crippen LogP contribution in [0.3, 0.4) is 0 Å². The third-order valence-electron chi connectivity index (χ3n) is 4.84. The molecule has 146 valence electrons. The van der Waals surface area contributed by atoms with Crippen molar-refractivity contribution in [2.24, 2.45) is 0 Å². The average Bonchev–Trinajstić information content (AvgIpc) is 2.63. The zero-order valence-electron chi connectivity index (χ0n) is 17.2. The van der Waals surface area contributed by atoms with Crippen LogP contribution in [0.1, 0.15) is 36.5 Å². The van der Waals surface area contributed by atoms with E-state index in [0.717, 1.165) is 23.3 Å². The Hall–Kier alpha value is -2.33. The van der Waals surface area contributed by atoms with Crippen LogP contribution in [-0.2, 0) is 11.2 Å².